The Labute approximate surface area is 218 Å². The van der Waals surface area contributed by atoms with E-state index in [4.69, 9.17) is 19.6 Å². The molecular formula is C28H37N5O4. The predicted molar refractivity (Wildman–Crippen MR) is 141 cm³/mol. The average Bonchev–Trinajstić information content (AvgIpc) is 3.03. The van der Waals surface area contributed by atoms with E-state index in [1.54, 1.807) is 0 Å². The maximum Gasteiger partial charge on any atom is 0.321 e. The highest BCUT2D eigenvalue weighted by molar-refractivity contribution is 6.20. The van der Waals surface area contributed by atoms with Crippen molar-refractivity contribution in [2.45, 2.75) is 77.6 Å². The molecule has 2 aliphatic heterocycles. The summed E-state index contributed by atoms with van der Waals surface area (Å²) in [6.45, 7) is 6.22. The zero-order valence-corrected chi connectivity index (χ0v) is 21.9. The minimum atomic E-state index is -0.697. The van der Waals surface area contributed by atoms with Crippen LogP contribution in [0, 0.1) is 11.8 Å². The highest BCUT2D eigenvalue weighted by Crippen LogP contribution is 2.40. The fourth-order valence-electron chi connectivity index (χ4n) is 5.45. The van der Waals surface area contributed by atoms with Gasteiger partial charge in [-0.25, -0.2) is 4.99 Å². The Morgan fingerprint density at radius 3 is 2.73 bits per heavy atom. The molecule has 0 aromatic carbocycles. The number of amidine groups is 1. The van der Waals surface area contributed by atoms with Crippen molar-refractivity contribution in [1.82, 2.24) is 15.0 Å². The SMILES string of the molecule is CC(C)CCCCCOc1nc2c3c(n1)OCCN(c1ccc([C@H]4CC[C@@H](CC(=O)O)CC4)nc1)C3=N2. The summed E-state index contributed by atoms with van der Waals surface area (Å²) in [4.78, 5) is 31.6. The van der Waals surface area contributed by atoms with E-state index in [2.05, 4.69) is 45.8 Å². The van der Waals surface area contributed by atoms with Crippen LogP contribution in [0.5, 0.6) is 11.9 Å². The van der Waals surface area contributed by atoms with Gasteiger partial charge >= 0.3 is 12.0 Å². The first-order valence-corrected chi connectivity index (χ1v) is 13.7. The third-order valence-electron chi connectivity index (χ3n) is 7.55. The van der Waals surface area contributed by atoms with Gasteiger partial charge < -0.3 is 19.5 Å². The Morgan fingerprint density at radius 1 is 1.16 bits per heavy atom. The van der Waals surface area contributed by atoms with E-state index >= 15 is 0 Å². The van der Waals surface area contributed by atoms with Gasteiger partial charge in [-0.3, -0.25) is 9.78 Å². The number of aliphatic imine (C=N–C) groups is 1. The van der Waals surface area contributed by atoms with Crippen LogP contribution in [-0.4, -0.2) is 51.6 Å². The quantitative estimate of drug-likeness (QED) is 0.397. The van der Waals surface area contributed by atoms with Gasteiger partial charge in [0, 0.05) is 18.0 Å². The first-order valence-electron chi connectivity index (χ1n) is 13.7. The molecule has 0 amide bonds. The number of rotatable bonds is 11. The molecule has 0 unspecified atom stereocenters. The molecule has 9 nitrogen and oxygen atoms in total. The molecule has 0 saturated heterocycles. The second kappa shape index (κ2) is 11.4. The maximum atomic E-state index is 11.0. The highest BCUT2D eigenvalue weighted by atomic mass is 16.5. The van der Waals surface area contributed by atoms with E-state index < -0.39 is 5.97 Å². The van der Waals surface area contributed by atoms with Crippen molar-refractivity contribution in [3.8, 4) is 11.9 Å². The van der Waals surface area contributed by atoms with Crippen molar-refractivity contribution < 1.29 is 19.4 Å². The number of pyridine rings is 1. The van der Waals surface area contributed by atoms with Crippen LogP contribution < -0.4 is 14.4 Å². The third kappa shape index (κ3) is 6.02. The predicted octanol–water partition coefficient (Wildman–Crippen LogP) is 5.51. The maximum absolute atomic E-state index is 11.0. The molecule has 3 aliphatic rings. The Hall–Kier alpha value is -3.23. The molecule has 1 aliphatic carbocycles. The molecule has 2 aromatic rings. The fourth-order valence-corrected chi connectivity index (χ4v) is 5.45. The molecule has 37 heavy (non-hydrogen) atoms. The number of hydrogen-bond acceptors (Lipinski definition) is 8. The van der Waals surface area contributed by atoms with E-state index in [1.807, 2.05) is 6.20 Å². The number of aliphatic carboxylic acids is 1. The van der Waals surface area contributed by atoms with Crippen LogP contribution in [0.3, 0.4) is 0 Å². The normalized spacial score (nSPS) is 20.4. The topological polar surface area (TPSA) is 110 Å². The lowest BCUT2D eigenvalue weighted by Gasteiger charge is -2.29. The molecule has 2 aromatic heterocycles. The summed E-state index contributed by atoms with van der Waals surface area (Å²) < 4.78 is 11.8. The third-order valence-corrected chi connectivity index (χ3v) is 7.55. The van der Waals surface area contributed by atoms with Gasteiger partial charge in [-0.1, -0.05) is 33.1 Å². The molecule has 0 radical (unpaired) electrons. The van der Waals surface area contributed by atoms with Crippen molar-refractivity contribution in [2.24, 2.45) is 16.8 Å². The van der Waals surface area contributed by atoms with Crippen molar-refractivity contribution >= 4 is 23.3 Å². The summed E-state index contributed by atoms with van der Waals surface area (Å²) in [6, 6.07) is 4.52. The van der Waals surface area contributed by atoms with Gasteiger partial charge in [-0.15, -0.1) is 0 Å². The second-order valence-electron chi connectivity index (χ2n) is 10.8. The molecule has 0 spiro atoms. The smallest absolute Gasteiger partial charge is 0.321 e. The molecule has 1 fully saturated rings. The van der Waals surface area contributed by atoms with Crippen molar-refractivity contribution in [3.05, 3.63) is 29.6 Å². The summed E-state index contributed by atoms with van der Waals surface area (Å²) in [7, 11) is 0. The number of carboxylic acids is 1. The van der Waals surface area contributed by atoms with Crippen molar-refractivity contribution in [3.63, 3.8) is 0 Å². The van der Waals surface area contributed by atoms with E-state index in [9.17, 15) is 4.79 Å². The molecular weight excluding hydrogens is 470 g/mol. The Morgan fingerprint density at radius 2 is 2.00 bits per heavy atom. The number of ether oxygens (including phenoxy) is 2. The van der Waals surface area contributed by atoms with Crippen LogP contribution in [0.25, 0.3) is 0 Å². The number of hydrogen-bond donors (Lipinski definition) is 1. The van der Waals surface area contributed by atoms with Crippen LogP contribution >= 0.6 is 0 Å². The summed E-state index contributed by atoms with van der Waals surface area (Å²) >= 11 is 0. The summed E-state index contributed by atoms with van der Waals surface area (Å²) in [5, 5.41) is 9.05. The van der Waals surface area contributed by atoms with E-state index in [1.165, 1.54) is 12.8 Å². The number of anilines is 1. The van der Waals surface area contributed by atoms with Crippen molar-refractivity contribution in [1.29, 1.82) is 0 Å². The number of aromatic nitrogens is 3. The van der Waals surface area contributed by atoms with Gasteiger partial charge in [0.1, 0.15) is 12.2 Å². The molecule has 0 atom stereocenters. The molecule has 1 N–H and O–H groups in total. The van der Waals surface area contributed by atoms with Gasteiger partial charge in [0.2, 0.25) is 5.88 Å². The Bertz CT molecular complexity index is 1130. The molecule has 5 rings (SSSR count). The van der Waals surface area contributed by atoms with Crippen molar-refractivity contribution in [2.75, 3.05) is 24.7 Å². The van der Waals surface area contributed by atoms with Gasteiger partial charge in [-0.05, 0) is 56.1 Å². The van der Waals surface area contributed by atoms with E-state index in [-0.39, 0.29) is 6.42 Å². The summed E-state index contributed by atoms with van der Waals surface area (Å²) in [5.74, 6) is 2.69. The van der Waals surface area contributed by atoms with Crippen LogP contribution in [-0.2, 0) is 4.79 Å². The highest BCUT2D eigenvalue weighted by Gasteiger charge is 2.35. The first-order chi connectivity index (χ1) is 18.0. The van der Waals surface area contributed by atoms with E-state index in [0.29, 0.717) is 49.3 Å². The largest absolute Gasteiger partial charge is 0.481 e. The molecule has 1 saturated carbocycles. The summed E-state index contributed by atoms with van der Waals surface area (Å²) in [6.07, 6.45) is 10.6. The number of carbonyl (C=O) groups is 1. The average molecular weight is 508 g/mol. The van der Waals surface area contributed by atoms with Crippen LogP contribution in [0.15, 0.2) is 23.3 Å². The minimum absolute atomic E-state index is 0.275. The Kier molecular flexibility index (Phi) is 7.86. The van der Waals surface area contributed by atoms with Crippen LogP contribution in [0.1, 0.15) is 88.8 Å². The molecule has 4 heterocycles. The number of nitrogens with zero attached hydrogens (tertiary/aromatic N) is 5. The second-order valence-corrected chi connectivity index (χ2v) is 10.8. The number of unbranched alkanes of at least 4 members (excludes halogenated alkanes) is 2. The van der Waals surface area contributed by atoms with Crippen LogP contribution in [0.2, 0.25) is 0 Å². The zero-order chi connectivity index (χ0) is 25.8. The Balaban J connectivity index is 1.18. The van der Waals surface area contributed by atoms with Gasteiger partial charge in [0.15, 0.2) is 11.7 Å². The van der Waals surface area contributed by atoms with E-state index in [0.717, 1.165) is 67.2 Å². The number of carboxylic acid groups (broad SMARTS) is 1. The zero-order valence-electron chi connectivity index (χ0n) is 21.9. The minimum Gasteiger partial charge on any atom is -0.481 e. The lowest BCUT2D eigenvalue weighted by molar-refractivity contribution is -0.138. The molecule has 9 heteroatoms. The fraction of sp³-hybridized carbons (Fsp3) is 0.607. The van der Waals surface area contributed by atoms with Crippen LogP contribution in [0.4, 0.5) is 11.5 Å². The van der Waals surface area contributed by atoms with Gasteiger partial charge in [0.05, 0.1) is 25.0 Å². The first kappa shape index (κ1) is 25.4. The van der Waals surface area contributed by atoms with Gasteiger partial charge in [-0.2, -0.15) is 9.97 Å². The standard InChI is InChI=1S/C28H37N5O4/c1-18(2)6-4-3-5-14-37-28-31-25-24-26(30-25)33(13-15-36-27(24)32-28)21-11-12-22(29-17-21)20-9-7-19(8-10-20)16-23(34)35/h11-12,17-20H,3-10,13-16H2,1-2H3,(H,34,35)/t19-,20+. The van der Waals surface area contributed by atoms with Gasteiger partial charge in [0.25, 0.3) is 0 Å². The molecule has 198 valence electrons. The summed E-state index contributed by atoms with van der Waals surface area (Å²) in [5.41, 5.74) is 2.88. The lowest BCUT2D eigenvalue weighted by Crippen LogP contribution is -2.36. The monoisotopic (exact) mass is 507 g/mol. The lowest BCUT2D eigenvalue weighted by atomic mass is 9.79. The molecule has 0 bridgehead atoms.